The number of piperidine rings is 1. The number of fused-ring (bicyclic) bond motifs is 2. The van der Waals surface area contributed by atoms with Crippen LogP contribution in [0, 0.1) is 11.8 Å². The molecule has 4 aliphatic rings. The van der Waals surface area contributed by atoms with E-state index >= 15 is 0 Å². The molecule has 3 fully saturated rings. The molecule has 7 nitrogen and oxygen atoms in total. The molecular weight excluding hydrogens is 356 g/mol. The molecule has 7 heteroatoms. The predicted octanol–water partition coefficient (Wildman–Crippen LogP) is 0.663. The first-order valence-electron chi connectivity index (χ1n) is 10.2. The van der Waals surface area contributed by atoms with Crippen molar-refractivity contribution in [2.45, 2.75) is 63.3 Å². The summed E-state index contributed by atoms with van der Waals surface area (Å²) in [6.07, 6.45) is 4.22. The molecule has 0 radical (unpaired) electrons. The molecule has 2 aliphatic heterocycles. The first-order chi connectivity index (χ1) is 13.5. The van der Waals surface area contributed by atoms with Gasteiger partial charge in [0.25, 0.3) is 5.91 Å². The lowest BCUT2D eigenvalue weighted by Crippen LogP contribution is -2.52. The molecule has 2 heterocycles. The van der Waals surface area contributed by atoms with Gasteiger partial charge in [-0.15, -0.1) is 0 Å². The topological polar surface area (TPSA) is 105 Å². The van der Waals surface area contributed by atoms with Crippen molar-refractivity contribution in [3.8, 4) is 0 Å². The minimum atomic E-state index is -0.558. The van der Waals surface area contributed by atoms with Crippen molar-refractivity contribution in [2.24, 2.45) is 17.6 Å². The van der Waals surface area contributed by atoms with Crippen LogP contribution in [0.2, 0.25) is 0 Å². The van der Waals surface area contributed by atoms with Gasteiger partial charge in [0, 0.05) is 37.2 Å². The Balaban J connectivity index is 1.23. The highest BCUT2D eigenvalue weighted by Gasteiger charge is 2.45. The maximum Gasteiger partial charge on any atom is 0.255 e. The third-order valence-electron chi connectivity index (χ3n) is 7.06. The lowest BCUT2D eigenvalue weighted by molar-refractivity contribution is -0.136. The Morgan fingerprint density at radius 3 is 2.79 bits per heavy atom. The lowest BCUT2D eigenvalue weighted by Gasteiger charge is -2.37. The van der Waals surface area contributed by atoms with Gasteiger partial charge in [-0.1, -0.05) is 12.1 Å². The van der Waals surface area contributed by atoms with E-state index in [4.69, 9.17) is 5.73 Å². The van der Waals surface area contributed by atoms with E-state index in [-0.39, 0.29) is 24.1 Å². The predicted molar refractivity (Wildman–Crippen MR) is 102 cm³/mol. The summed E-state index contributed by atoms with van der Waals surface area (Å²) in [5, 5.41) is 5.99. The SMILES string of the molecule is N[C@@H]1C[C@@H]2C[C@@H](NCc3ccc4c(c3)CN(C3CCC(=O)NC3=O)C4=O)C[C@@H]21. The Hall–Kier alpha value is -2.25. The number of hydrogen-bond donors (Lipinski definition) is 3. The third-order valence-corrected chi connectivity index (χ3v) is 7.06. The minimum Gasteiger partial charge on any atom is -0.327 e. The first-order valence-corrected chi connectivity index (χ1v) is 10.2. The van der Waals surface area contributed by atoms with Gasteiger partial charge in [-0.2, -0.15) is 0 Å². The monoisotopic (exact) mass is 382 g/mol. The zero-order chi connectivity index (χ0) is 19.4. The second kappa shape index (κ2) is 6.67. The fourth-order valence-electron chi connectivity index (χ4n) is 5.45. The quantitative estimate of drug-likeness (QED) is 0.664. The summed E-state index contributed by atoms with van der Waals surface area (Å²) >= 11 is 0. The van der Waals surface area contributed by atoms with E-state index in [0.29, 0.717) is 36.5 Å². The molecule has 1 aromatic rings. The van der Waals surface area contributed by atoms with Crippen LogP contribution in [0.15, 0.2) is 18.2 Å². The largest absolute Gasteiger partial charge is 0.327 e. The minimum absolute atomic E-state index is 0.120. The standard InChI is InChI=1S/C21H26N4O3/c22-17-7-12-6-14(8-16(12)17)23-9-11-1-2-15-13(5-11)10-25(21(15)28)18-3-4-19(26)24-20(18)27/h1-2,5,12,14,16-18,23H,3-4,6-10,22H2,(H,24,26,27)/t12-,14+,16-,17+,18?/m0/s1. The van der Waals surface area contributed by atoms with Crippen LogP contribution in [0.1, 0.15) is 53.6 Å². The highest BCUT2D eigenvalue weighted by atomic mass is 16.2. The average Bonchev–Trinajstić information content (AvgIpc) is 3.17. The van der Waals surface area contributed by atoms with E-state index in [0.717, 1.165) is 23.6 Å². The normalized spacial score (nSPS) is 34.1. The second-order valence-corrected chi connectivity index (χ2v) is 8.76. The van der Waals surface area contributed by atoms with Gasteiger partial charge in [0.15, 0.2) is 0 Å². The molecule has 0 bridgehead atoms. The number of nitrogens with zero attached hydrogens (tertiary/aromatic N) is 1. The number of carbonyl (C=O) groups excluding carboxylic acids is 3. The Morgan fingerprint density at radius 2 is 2.04 bits per heavy atom. The van der Waals surface area contributed by atoms with E-state index in [9.17, 15) is 14.4 Å². The molecule has 4 N–H and O–H groups in total. The van der Waals surface area contributed by atoms with Gasteiger partial charge in [-0.05, 0) is 54.7 Å². The first kappa shape index (κ1) is 17.8. The Morgan fingerprint density at radius 1 is 1.18 bits per heavy atom. The van der Waals surface area contributed by atoms with Crippen LogP contribution in [0.25, 0.3) is 0 Å². The molecular formula is C21H26N4O3. The van der Waals surface area contributed by atoms with Crippen molar-refractivity contribution in [1.82, 2.24) is 15.5 Å². The van der Waals surface area contributed by atoms with Gasteiger partial charge in [0.1, 0.15) is 6.04 Å². The molecule has 5 rings (SSSR count). The van der Waals surface area contributed by atoms with Crippen LogP contribution in [-0.2, 0) is 22.7 Å². The molecule has 5 atom stereocenters. The average molecular weight is 382 g/mol. The van der Waals surface area contributed by atoms with Crippen LogP contribution in [-0.4, -0.2) is 40.7 Å². The van der Waals surface area contributed by atoms with Gasteiger partial charge >= 0.3 is 0 Å². The van der Waals surface area contributed by atoms with Crippen molar-refractivity contribution in [2.75, 3.05) is 0 Å². The summed E-state index contributed by atoms with van der Waals surface area (Å²) in [6, 6.07) is 6.29. The number of benzene rings is 1. The number of rotatable bonds is 4. The van der Waals surface area contributed by atoms with Crippen molar-refractivity contribution in [1.29, 1.82) is 0 Å². The van der Waals surface area contributed by atoms with Gasteiger partial charge in [-0.3, -0.25) is 19.7 Å². The van der Waals surface area contributed by atoms with Crippen molar-refractivity contribution < 1.29 is 14.4 Å². The Labute approximate surface area is 164 Å². The van der Waals surface area contributed by atoms with Crippen LogP contribution in [0.3, 0.4) is 0 Å². The van der Waals surface area contributed by atoms with E-state index in [1.54, 1.807) is 4.90 Å². The molecule has 2 saturated carbocycles. The molecule has 3 amide bonds. The smallest absolute Gasteiger partial charge is 0.255 e. The second-order valence-electron chi connectivity index (χ2n) is 8.76. The molecule has 0 aromatic heterocycles. The van der Waals surface area contributed by atoms with E-state index in [1.165, 1.54) is 19.3 Å². The Kier molecular flexibility index (Phi) is 4.25. The molecule has 1 unspecified atom stereocenters. The summed E-state index contributed by atoms with van der Waals surface area (Å²) in [5.74, 6) is 0.739. The van der Waals surface area contributed by atoms with Crippen LogP contribution < -0.4 is 16.4 Å². The van der Waals surface area contributed by atoms with Crippen LogP contribution in [0.5, 0.6) is 0 Å². The molecule has 0 spiro atoms. The fourth-order valence-corrected chi connectivity index (χ4v) is 5.45. The van der Waals surface area contributed by atoms with E-state index in [1.807, 2.05) is 12.1 Å². The van der Waals surface area contributed by atoms with Gasteiger partial charge in [-0.25, -0.2) is 0 Å². The Bertz CT molecular complexity index is 854. The van der Waals surface area contributed by atoms with E-state index < -0.39 is 6.04 Å². The highest BCUT2D eigenvalue weighted by Crippen LogP contribution is 2.46. The van der Waals surface area contributed by atoms with Crippen molar-refractivity contribution >= 4 is 17.7 Å². The fraction of sp³-hybridized carbons (Fsp3) is 0.571. The third kappa shape index (κ3) is 2.93. The number of carbonyl (C=O) groups is 3. The van der Waals surface area contributed by atoms with Gasteiger partial charge < -0.3 is 16.0 Å². The molecule has 1 aromatic carbocycles. The number of nitrogens with two attached hydrogens (primary N) is 1. The molecule has 2 aliphatic carbocycles. The maximum atomic E-state index is 12.7. The van der Waals surface area contributed by atoms with Crippen molar-refractivity contribution in [3.05, 3.63) is 34.9 Å². The molecule has 28 heavy (non-hydrogen) atoms. The summed E-state index contributed by atoms with van der Waals surface area (Å²) in [5.41, 5.74) is 8.87. The number of imide groups is 1. The zero-order valence-corrected chi connectivity index (χ0v) is 15.8. The van der Waals surface area contributed by atoms with E-state index in [2.05, 4.69) is 16.7 Å². The van der Waals surface area contributed by atoms with Gasteiger partial charge in [0.05, 0.1) is 0 Å². The highest BCUT2D eigenvalue weighted by molar-refractivity contribution is 6.05. The molecule has 148 valence electrons. The summed E-state index contributed by atoms with van der Waals surface area (Å²) in [4.78, 5) is 37.9. The summed E-state index contributed by atoms with van der Waals surface area (Å²) in [7, 11) is 0. The summed E-state index contributed by atoms with van der Waals surface area (Å²) in [6.45, 7) is 1.20. The molecule has 1 saturated heterocycles. The maximum absolute atomic E-state index is 12.7. The summed E-state index contributed by atoms with van der Waals surface area (Å²) < 4.78 is 0. The van der Waals surface area contributed by atoms with Gasteiger partial charge in [0.2, 0.25) is 11.8 Å². The van der Waals surface area contributed by atoms with Crippen molar-refractivity contribution in [3.63, 3.8) is 0 Å². The zero-order valence-electron chi connectivity index (χ0n) is 15.8. The van der Waals surface area contributed by atoms with Crippen LogP contribution in [0.4, 0.5) is 0 Å². The number of amides is 3. The number of nitrogens with one attached hydrogen (secondary N) is 2. The lowest BCUT2D eigenvalue weighted by atomic mass is 9.72. The van der Waals surface area contributed by atoms with Crippen LogP contribution >= 0.6 is 0 Å². The number of hydrogen-bond acceptors (Lipinski definition) is 5.